The summed E-state index contributed by atoms with van der Waals surface area (Å²) in [6, 6.07) is 3.76. The van der Waals surface area contributed by atoms with Crippen LogP contribution in [0.5, 0.6) is 0 Å². The number of aromatic carboxylic acids is 1. The fourth-order valence-electron chi connectivity index (χ4n) is 2.44. The second-order valence-electron chi connectivity index (χ2n) is 5.05. The van der Waals surface area contributed by atoms with Crippen molar-refractivity contribution in [1.82, 2.24) is 9.88 Å². The van der Waals surface area contributed by atoms with Gasteiger partial charge in [-0.3, -0.25) is 0 Å². The van der Waals surface area contributed by atoms with Crippen molar-refractivity contribution in [2.45, 2.75) is 32.2 Å². The number of nitrogens with one attached hydrogen (secondary N) is 1. The fourth-order valence-corrected chi connectivity index (χ4v) is 2.44. The highest BCUT2D eigenvalue weighted by Crippen LogP contribution is 2.16. The van der Waals surface area contributed by atoms with Gasteiger partial charge in [0.05, 0.1) is 5.56 Å². The van der Waals surface area contributed by atoms with Crippen LogP contribution >= 0.6 is 0 Å². The zero-order chi connectivity index (χ0) is 13.8. The Morgan fingerprint density at radius 1 is 1.58 bits per heavy atom. The smallest absolute Gasteiger partial charge is 0.335 e. The molecule has 5 heteroatoms. The largest absolute Gasteiger partial charge is 0.478 e. The third-order valence-electron chi connectivity index (χ3n) is 3.68. The summed E-state index contributed by atoms with van der Waals surface area (Å²) in [5, 5.41) is 12.4. The van der Waals surface area contributed by atoms with Crippen molar-refractivity contribution in [3.63, 3.8) is 0 Å². The molecule has 1 atom stereocenters. The average Bonchev–Trinajstić information content (AvgIpc) is 2.81. The highest BCUT2D eigenvalue weighted by Gasteiger charge is 2.20. The minimum Gasteiger partial charge on any atom is -0.478 e. The molecule has 5 nitrogen and oxygen atoms in total. The number of likely N-dealkylation sites (N-methyl/N-ethyl adjacent to an activating group) is 1. The van der Waals surface area contributed by atoms with E-state index in [0.29, 0.717) is 17.4 Å². The van der Waals surface area contributed by atoms with Crippen LogP contribution in [0, 0.1) is 0 Å². The highest BCUT2D eigenvalue weighted by atomic mass is 16.4. The molecule has 1 aromatic heterocycles. The number of rotatable bonds is 5. The van der Waals surface area contributed by atoms with Gasteiger partial charge < -0.3 is 15.3 Å². The lowest BCUT2D eigenvalue weighted by atomic mass is 10.2. The van der Waals surface area contributed by atoms with E-state index in [4.69, 9.17) is 5.11 Å². The van der Waals surface area contributed by atoms with E-state index in [2.05, 4.69) is 22.2 Å². The highest BCUT2D eigenvalue weighted by molar-refractivity contribution is 5.88. The third-order valence-corrected chi connectivity index (χ3v) is 3.68. The van der Waals surface area contributed by atoms with Crippen molar-refractivity contribution in [2.24, 2.45) is 0 Å². The Morgan fingerprint density at radius 2 is 2.37 bits per heavy atom. The van der Waals surface area contributed by atoms with Crippen molar-refractivity contribution < 1.29 is 9.90 Å². The first-order chi connectivity index (χ1) is 9.10. The predicted molar refractivity (Wildman–Crippen MR) is 74.7 cm³/mol. The molecule has 0 aliphatic carbocycles. The van der Waals surface area contributed by atoms with Gasteiger partial charge in [-0.25, -0.2) is 9.78 Å². The van der Waals surface area contributed by atoms with Crippen molar-refractivity contribution in [1.29, 1.82) is 0 Å². The zero-order valence-electron chi connectivity index (χ0n) is 11.5. The molecule has 2 rings (SSSR count). The first kappa shape index (κ1) is 13.8. The number of nitrogens with zero attached hydrogens (tertiary/aromatic N) is 2. The second-order valence-corrected chi connectivity index (χ2v) is 5.05. The zero-order valence-corrected chi connectivity index (χ0v) is 11.5. The molecule has 19 heavy (non-hydrogen) atoms. The van der Waals surface area contributed by atoms with Gasteiger partial charge in [-0.2, -0.15) is 0 Å². The van der Waals surface area contributed by atoms with Crippen LogP contribution in [-0.2, 0) is 6.42 Å². The van der Waals surface area contributed by atoms with Crippen molar-refractivity contribution in [2.75, 3.05) is 25.5 Å². The summed E-state index contributed by atoms with van der Waals surface area (Å²) in [7, 11) is 2.12. The van der Waals surface area contributed by atoms with Crippen LogP contribution in [0.2, 0.25) is 0 Å². The van der Waals surface area contributed by atoms with E-state index in [1.165, 1.54) is 12.8 Å². The van der Waals surface area contributed by atoms with E-state index in [0.717, 1.165) is 25.2 Å². The predicted octanol–water partition coefficient (Wildman–Crippen LogP) is 1.85. The molecule has 104 valence electrons. The Labute approximate surface area is 113 Å². The first-order valence-corrected chi connectivity index (χ1v) is 6.78. The molecule has 1 aliphatic rings. The lowest BCUT2D eigenvalue weighted by Crippen LogP contribution is -2.31. The average molecular weight is 263 g/mol. The maximum atomic E-state index is 11.1. The topological polar surface area (TPSA) is 65.5 Å². The molecule has 0 radical (unpaired) electrons. The SMILES string of the molecule is CCc1cc(C(=O)O)cc(NCC2CCCN2C)n1. The van der Waals surface area contributed by atoms with E-state index in [1.54, 1.807) is 12.1 Å². The van der Waals surface area contributed by atoms with E-state index < -0.39 is 5.97 Å². The first-order valence-electron chi connectivity index (χ1n) is 6.78. The van der Waals surface area contributed by atoms with Crippen LogP contribution in [0.15, 0.2) is 12.1 Å². The molecule has 0 spiro atoms. The van der Waals surface area contributed by atoms with Crippen LogP contribution in [0.3, 0.4) is 0 Å². The Balaban J connectivity index is 2.06. The van der Waals surface area contributed by atoms with Gasteiger partial charge in [0.25, 0.3) is 0 Å². The summed E-state index contributed by atoms with van der Waals surface area (Å²) in [6.45, 7) is 3.92. The molecule has 1 unspecified atom stereocenters. The molecular formula is C14H21N3O2. The standard InChI is InChI=1S/C14H21N3O2/c1-3-11-7-10(14(18)19)8-13(16-11)15-9-12-5-4-6-17(12)2/h7-8,12H,3-6,9H2,1-2H3,(H,15,16)(H,18,19). The fraction of sp³-hybridized carbons (Fsp3) is 0.571. The number of pyridine rings is 1. The number of hydrogen-bond acceptors (Lipinski definition) is 4. The Morgan fingerprint density at radius 3 is 2.95 bits per heavy atom. The van der Waals surface area contributed by atoms with E-state index in [9.17, 15) is 4.79 Å². The van der Waals surface area contributed by atoms with Gasteiger partial charge in [0.15, 0.2) is 0 Å². The van der Waals surface area contributed by atoms with Gasteiger partial charge in [0, 0.05) is 18.3 Å². The number of aryl methyl sites for hydroxylation is 1. The summed E-state index contributed by atoms with van der Waals surface area (Å²) < 4.78 is 0. The molecule has 0 amide bonds. The number of carbonyl (C=O) groups is 1. The number of likely N-dealkylation sites (tertiary alicyclic amines) is 1. The summed E-state index contributed by atoms with van der Waals surface area (Å²) in [4.78, 5) is 17.8. The van der Waals surface area contributed by atoms with Gasteiger partial charge in [0.1, 0.15) is 5.82 Å². The third kappa shape index (κ3) is 3.44. The van der Waals surface area contributed by atoms with Crippen LogP contribution < -0.4 is 5.32 Å². The molecule has 1 fully saturated rings. The minimum absolute atomic E-state index is 0.300. The van der Waals surface area contributed by atoms with Gasteiger partial charge in [0.2, 0.25) is 0 Å². The monoisotopic (exact) mass is 263 g/mol. The molecule has 1 aliphatic heterocycles. The van der Waals surface area contributed by atoms with E-state index in [1.807, 2.05) is 6.92 Å². The van der Waals surface area contributed by atoms with Crippen molar-refractivity contribution in [3.05, 3.63) is 23.4 Å². The lowest BCUT2D eigenvalue weighted by molar-refractivity contribution is 0.0696. The van der Waals surface area contributed by atoms with Gasteiger partial charge in [-0.15, -0.1) is 0 Å². The van der Waals surface area contributed by atoms with E-state index >= 15 is 0 Å². The Kier molecular flexibility index (Phi) is 4.37. The molecule has 0 bridgehead atoms. The second kappa shape index (κ2) is 6.02. The molecular weight excluding hydrogens is 242 g/mol. The molecule has 0 aromatic carbocycles. The van der Waals surface area contributed by atoms with Crippen LogP contribution in [0.1, 0.15) is 35.8 Å². The number of aromatic nitrogens is 1. The van der Waals surface area contributed by atoms with Gasteiger partial charge in [-0.1, -0.05) is 6.92 Å². The maximum absolute atomic E-state index is 11.1. The number of carboxylic acids is 1. The van der Waals surface area contributed by atoms with Crippen molar-refractivity contribution >= 4 is 11.8 Å². The Hall–Kier alpha value is -1.62. The maximum Gasteiger partial charge on any atom is 0.335 e. The minimum atomic E-state index is -0.905. The molecule has 0 saturated carbocycles. The number of carboxylic acid groups (broad SMARTS) is 1. The molecule has 1 aromatic rings. The number of hydrogen-bond donors (Lipinski definition) is 2. The normalized spacial score (nSPS) is 19.6. The molecule has 2 heterocycles. The molecule has 2 N–H and O–H groups in total. The van der Waals surface area contributed by atoms with Gasteiger partial charge >= 0.3 is 5.97 Å². The van der Waals surface area contributed by atoms with Crippen molar-refractivity contribution in [3.8, 4) is 0 Å². The lowest BCUT2D eigenvalue weighted by Gasteiger charge is -2.20. The summed E-state index contributed by atoms with van der Waals surface area (Å²) in [5.41, 5.74) is 1.11. The van der Waals surface area contributed by atoms with E-state index in [-0.39, 0.29) is 0 Å². The van der Waals surface area contributed by atoms with Crippen LogP contribution in [0.25, 0.3) is 0 Å². The number of anilines is 1. The summed E-state index contributed by atoms with van der Waals surface area (Å²) in [5.74, 6) is -0.241. The summed E-state index contributed by atoms with van der Waals surface area (Å²) >= 11 is 0. The Bertz CT molecular complexity index is 462. The molecule has 1 saturated heterocycles. The van der Waals surface area contributed by atoms with Gasteiger partial charge in [-0.05, 0) is 45.0 Å². The van der Waals surface area contributed by atoms with Crippen LogP contribution in [-0.4, -0.2) is 47.1 Å². The summed E-state index contributed by atoms with van der Waals surface area (Å²) in [6.07, 6.45) is 3.15. The quantitative estimate of drug-likeness (QED) is 0.848. The van der Waals surface area contributed by atoms with Crippen LogP contribution in [0.4, 0.5) is 5.82 Å².